The summed E-state index contributed by atoms with van der Waals surface area (Å²) < 4.78 is 1.64. The fourth-order valence-corrected chi connectivity index (χ4v) is 1.34. The Labute approximate surface area is 104 Å². The van der Waals surface area contributed by atoms with Gasteiger partial charge in [-0.25, -0.2) is 9.59 Å². The van der Waals surface area contributed by atoms with Gasteiger partial charge in [-0.15, -0.1) is 0 Å². The van der Waals surface area contributed by atoms with Gasteiger partial charge in [-0.1, -0.05) is 0 Å². The van der Waals surface area contributed by atoms with E-state index in [2.05, 4.69) is 15.7 Å². The lowest BCUT2D eigenvalue weighted by Crippen LogP contribution is -2.50. The van der Waals surface area contributed by atoms with Crippen LogP contribution in [0.25, 0.3) is 0 Å². The maximum Gasteiger partial charge on any atom is 0.328 e. The van der Waals surface area contributed by atoms with Gasteiger partial charge in [0.1, 0.15) is 0 Å². The van der Waals surface area contributed by atoms with Crippen molar-refractivity contribution >= 4 is 12.0 Å². The third-order valence-electron chi connectivity index (χ3n) is 2.18. The Hall–Kier alpha value is -2.09. The van der Waals surface area contributed by atoms with Crippen molar-refractivity contribution in [3.8, 4) is 0 Å². The number of hydrogen-bond donors (Lipinski definition) is 4. The Balaban J connectivity index is 2.37. The molecule has 2 atom stereocenters. The molecular weight excluding hydrogens is 240 g/mol. The molecule has 1 aromatic rings. The van der Waals surface area contributed by atoms with E-state index in [-0.39, 0.29) is 6.04 Å². The first-order valence-electron chi connectivity index (χ1n) is 5.41. The van der Waals surface area contributed by atoms with Gasteiger partial charge in [0.05, 0.1) is 13.2 Å². The minimum Gasteiger partial charge on any atom is -0.480 e. The summed E-state index contributed by atoms with van der Waals surface area (Å²) in [6, 6.07) is -0.407. The molecule has 1 aromatic heterocycles. The summed E-state index contributed by atoms with van der Waals surface area (Å²) in [6.45, 7) is 1.57. The number of rotatable bonds is 6. The molecule has 2 unspecified atom stereocenters. The first-order valence-corrected chi connectivity index (χ1v) is 5.41. The van der Waals surface area contributed by atoms with E-state index in [9.17, 15) is 9.59 Å². The van der Waals surface area contributed by atoms with E-state index in [1.165, 1.54) is 0 Å². The van der Waals surface area contributed by atoms with Gasteiger partial charge in [0, 0.05) is 18.4 Å². The number of amides is 2. The van der Waals surface area contributed by atoms with Crippen molar-refractivity contribution in [3.05, 3.63) is 18.5 Å². The predicted octanol–water partition coefficient (Wildman–Crippen LogP) is -0.984. The highest BCUT2D eigenvalue weighted by atomic mass is 16.4. The molecule has 0 radical (unpaired) electrons. The maximum atomic E-state index is 11.4. The van der Waals surface area contributed by atoms with Gasteiger partial charge in [-0.3, -0.25) is 4.68 Å². The summed E-state index contributed by atoms with van der Waals surface area (Å²) in [4.78, 5) is 22.0. The lowest BCUT2D eigenvalue weighted by molar-refractivity contribution is -0.140. The van der Waals surface area contributed by atoms with Crippen LogP contribution in [-0.2, 0) is 11.3 Å². The topological polar surface area (TPSA) is 116 Å². The zero-order valence-electron chi connectivity index (χ0n) is 9.91. The van der Waals surface area contributed by atoms with Gasteiger partial charge in [0.15, 0.2) is 6.04 Å². The molecule has 0 aromatic carbocycles. The molecule has 0 saturated heterocycles. The minimum absolute atomic E-state index is 0.224. The number of carboxylic acid groups (broad SMARTS) is 1. The summed E-state index contributed by atoms with van der Waals surface area (Å²) in [5, 5.41) is 26.1. The maximum absolute atomic E-state index is 11.4. The fourth-order valence-electron chi connectivity index (χ4n) is 1.34. The summed E-state index contributed by atoms with van der Waals surface area (Å²) in [7, 11) is 0. The number of hydrogen-bond acceptors (Lipinski definition) is 4. The quantitative estimate of drug-likeness (QED) is 0.522. The van der Waals surface area contributed by atoms with Crippen LogP contribution >= 0.6 is 0 Å². The summed E-state index contributed by atoms with van der Waals surface area (Å²) in [6.07, 6.45) is 3.38. The van der Waals surface area contributed by atoms with E-state index in [1.54, 1.807) is 30.1 Å². The van der Waals surface area contributed by atoms with Gasteiger partial charge in [-0.05, 0) is 13.0 Å². The zero-order chi connectivity index (χ0) is 13.5. The second-order valence-corrected chi connectivity index (χ2v) is 3.82. The van der Waals surface area contributed by atoms with E-state index in [4.69, 9.17) is 10.2 Å². The van der Waals surface area contributed by atoms with Crippen LogP contribution in [0.2, 0.25) is 0 Å². The third kappa shape index (κ3) is 4.42. The monoisotopic (exact) mass is 256 g/mol. The molecule has 0 aliphatic carbocycles. The second-order valence-electron chi connectivity index (χ2n) is 3.82. The number of aromatic nitrogens is 2. The Morgan fingerprint density at radius 1 is 1.44 bits per heavy atom. The van der Waals surface area contributed by atoms with Crippen LogP contribution in [0.4, 0.5) is 4.79 Å². The first kappa shape index (κ1) is 14.0. The van der Waals surface area contributed by atoms with Crippen molar-refractivity contribution in [3.63, 3.8) is 0 Å². The standard InChI is InChI=1S/C10H16N4O4/c1-7(5-14-4-2-3-11-14)12-10(18)13-8(6-15)9(16)17/h2-4,7-8,15H,5-6H2,1H3,(H,16,17)(H2,12,13,18). The molecule has 1 rings (SSSR count). The number of carboxylic acids is 1. The highest BCUT2D eigenvalue weighted by Crippen LogP contribution is 1.91. The van der Waals surface area contributed by atoms with E-state index < -0.39 is 24.6 Å². The largest absolute Gasteiger partial charge is 0.480 e. The molecule has 0 fully saturated rings. The predicted molar refractivity (Wildman–Crippen MR) is 61.9 cm³/mol. The lowest BCUT2D eigenvalue weighted by atomic mass is 10.3. The molecule has 4 N–H and O–H groups in total. The average molecular weight is 256 g/mol. The summed E-state index contributed by atoms with van der Waals surface area (Å²) >= 11 is 0. The van der Waals surface area contributed by atoms with Crippen molar-refractivity contribution in [2.24, 2.45) is 0 Å². The van der Waals surface area contributed by atoms with Crippen LogP contribution in [0.1, 0.15) is 6.92 Å². The van der Waals surface area contributed by atoms with Crippen LogP contribution in [0.3, 0.4) is 0 Å². The fraction of sp³-hybridized carbons (Fsp3) is 0.500. The molecule has 0 aliphatic rings. The number of urea groups is 1. The number of carbonyl (C=O) groups is 2. The van der Waals surface area contributed by atoms with Gasteiger partial charge in [-0.2, -0.15) is 5.10 Å². The highest BCUT2D eigenvalue weighted by Gasteiger charge is 2.19. The number of aliphatic carboxylic acids is 1. The molecule has 1 heterocycles. The minimum atomic E-state index is -1.30. The summed E-state index contributed by atoms with van der Waals surface area (Å²) in [5.74, 6) is -1.28. The smallest absolute Gasteiger partial charge is 0.328 e. The Bertz CT molecular complexity index is 393. The van der Waals surface area contributed by atoms with E-state index >= 15 is 0 Å². The van der Waals surface area contributed by atoms with E-state index in [1.807, 2.05) is 0 Å². The number of nitrogens with one attached hydrogen (secondary N) is 2. The van der Waals surface area contributed by atoms with Crippen molar-refractivity contribution < 1.29 is 19.8 Å². The van der Waals surface area contributed by atoms with E-state index in [0.29, 0.717) is 6.54 Å². The number of aliphatic hydroxyl groups excluding tert-OH is 1. The van der Waals surface area contributed by atoms with Crippen LogP contribution < -0.4 is 10.6 Å². The molecule has 0 bridgehead atoms. The molecular formula is C10H16N4O4. The second kappa shape index (κ2) is 6.60. The number of aliphatic hydroxyl groups is 1. The zero-order valence-corrected chi connectivity index (χ0v) is 9.91. The normalized spacial score (nSPS) is 13.7. The van der Waals surface area contributed by atoms with Crippen LogP contribution in [-0.4, -0.2) is 50.7 Å². The molecule has 18 heavy (non-hydrogen) atoms. The Morgan fingerprint density at radius 2 is 2.17 bits per heavy atom. The van der Waals surface area contributed by atoms with Gasteiger partial charge in [0.25, 0.3) is 0 Å². The van der Waals surface area contributed by atoms with E-state index in [0.717, 1.165) is 0 Å². The Kier molecular flexibility index (Phi) is 5.12. The van der Waals surface area contributed by atoms with Crippen molar-refractivity contribution in [1.82, 2.24) is 20.4 Å². The summed E-state index contributed by atoms with van der Waals surface area (Å²) in [5.41, 5.74) is 0. The van der Waals surface area contributed by atoms with Crippen LogP contribution in [0, 0.1) is 0 Å². The van der Waals surface area contributed by atoms with Gasteiger partial charge >= 0.3 is 12.0 Å². The molecule has 0 saturated carbocycles. The number of nitrogens with zero attached hydrogens (tertiary/aromatic N) is 2. The number of carbonyl (C=O) groups excluding carboxylic acids is 1. The van der Waals surface area contributed by atoms with Crippen molar-refractivity contribution in [2.45, 2.75) is 25.6 Å². The average Bonchev–Trinajstić information content (AvgIpc) is 2.77. The first-order chi connectivity index (χ1) is 8.52. The molecule has 0 aliphatic heterocycles. The van der Waals surface area contributed by atoms with Crippen molar-refractivity contribution in [1.29, 1.82) is 0 Å². The van der Waals surface area contributed by atoms with Crippen LogP contribution in [0.5, 0.6) is 0 Å². The third-order valence-corrected chi connectivity index (χ3v) is 2.18. The molecule has 0 spiro atoms. The van der Waals surface area contributed by atoms with Crippen LogP contribution in [0.15, 0.2) is 18.5 Å². The molecule has 8 nitrogen and oxygen atoms in total. The van der Waals surface area contributed by atoms with Gasteiger partial charge in [0.2, 0.25) is 0 Å². The highest BCUT2D eigenvalue weighted by molar-refractivity contribution is 5.82. The van der Waals surface area contributed by atoms with Crippen molar-refractivity contribution in [2.75, 3.05) is 6.61 Å². The molecule has 2 amide bonds. The SMILES string of the molecule is CC(Cn1cccn1)NC(=O)NC(CO)C(=O)O. The van der Waals surface area contributed by atoms with Gasteiger partial charge < -0.3 is 20.8 Å². The lowest BCUT2D eigenvalue weighted by Gasteiger charge is -2.17. The molecule has 100 valence electrons. The molecule has 8 heteroatoms. The Morgan fingerprint density at radius 3 is 2.67 bits per heavy atom.